The molecule has 2 aromatic rings. The molecule has 1 amide bonds. The fourth-order valence-electron chi connectivity index (χ4n) is 2.67. The Kier molecular flexibility index (Phi) is 4.84. The molecule has 1 aromatic carbocycles. The van der Waals surface area contributed by atoms with Gasteiger partial charge in [0.1, 0.15) is 11.1 Å². The van der Waals surface area contributed by atoms with Crippen molar-refractivity contribution in [2.24, 2.45) is 0 Å². The first-order chi connectivity index (χ1) is 11.0. The maximum absolute atomic E-state index is 12.5. The number of nitrogens with zero attached hydrogens (tertiary/aromatic N) is 1. The van der Waals surface area contributed by atoms with Gasteiger partial charge in [-0.15, -0.1) is 11.3 Å². The maximum atomic E-state index is 12.5. The lowest BCUT2D eigenvalue weighted by molar-refractivity contribution is 0.102. The van der Waals surface area contributed by atoms with Crippen molar-refractivity contribution in [2.75, 3.05) is 5.32 Å². The Morgan fingerprint density at radius 2 is 1.87 bits per heavy atom. The van der Waals surface area contributed by atoms with Crippen LogP contribution < -0.4 is 5.32 Å². The zero-order chi connectivity index (χ0) is 16.6. The van der Waals surface area contributed by atoms with Crippen LogP contribution in [-0.2, 0) is 12.8 Å². The minimum atomic E-state index is -0.461. The van der Waals surface area contributed by atoms with Crippen molar-refractivity contribution < 1.29 is 4.79 Å². The van der Waals surface area contributed by atoms with Crippen LogP contribution in [-0.4, -0.2) is 5.91 Å². The molecule has 1 heterocycles. The van der Waals surface area contributed by atoms with Gasteiger partial charge in [-0.1, -0.05) is 34.8 Å². The number of carbonyl (C=O) groups is 1. The Hall–Kier alpha value is -1.25. The van der Waals surface area contributed by atoms with Crippen LogP contribution >= 0.6 is 46.1 Å². The second kappa shape index (κ2) is 6.70. The lowest BCUT2D eigenvalue weighted by atomic mass is 9.96. The average Bonchev–Trinajstić information content (AvgIpc) is 2.88. The zero-order valence-corrected chi connectivity index (χ0v) is 15.0. The summed E-state index contributed by atoms with van der Waals surface area (Å²) >= 11 is 19.6. The van der Waals surface area contributed by atoms with Gasteiger partial charge in [0.15, 0.2) is 0 Å². The van der Waals surface area contributed by atoms with Crippen LogP contribution in [0.5, 0.6) is 0 Å². The highest BCUT2D eigenvalue weighted by atomic mass is 35.5. The molecular formula is C16H11Cl3N2OS. The maximum Gasteiger partial charge on any atom is 0.259 e. The lowest BCUT2D eigenvalue weighted by Crippen LogP contribution is -2.13. The van der Waals surface area contributed by atoms with Crippen LogP contribution in [0.25, 0.3) is 0 Å². The molecule has 0 fully saturated rings. The third kappa shape index (κ3) is 3.07. The highest BCUT2D eigenvalue weighted by Gasteiger charge is 2.24. The number of halogens is 3. The normalized spacial score (nSPS) is 13.3. The van der Waals surface area contributed by atoms with Crippen LogP contribution in [0.2, 0.25) is 15.1 Å². The van der Waals surface area contributed by atoms with E-state index >= 15 is 0 Å². The fraction of sp³-hybridized carbons (Fsp3) is 0.250. The minimum Gasteiger partial charge on any atom is -0.312 e. The number of nitriles is 1. The van der Waals surface area contributed by atoms with E-state index in [1.807, 2.05) is 0 Å². The topological polar surface area (TPSA) is 52.9 Å². The third-order valence-corrected chi connectivity index (χ3v) is 6.11. The molecular weight excluding hydrogens is 375 g/mol. The van der Waals surface area contributed by atoms with Gasteiger partial charge in [-0.3, -0.25) is 4.79 Å². The first kappa shape index (κ1) is 16.6. The molecule has 1 aliphatic carbocycles. The third-order valence-electron chi connectivity index (χ3n) is 3.78. The molecule has 7 heteroatoms. The lowest BCUT2D eigenvalue weighted by Gasteiger charge is -2.10. The molecule has 0 saturated heterocycles. The van der Waals surface area contributed by atoms with Crippen molar-refractivity contribution >= 4 is 57.0 Å². The van der Waals surface area contributed by atoms with Crippen molar-refractivity contribution in [3.63, 3.8) is 0 Å². The first-order valence-electron chi connectivity index (χ1n) is 7.02. The monoisotopic (exact) mass is 384 g/mol. The van der Waals surface area contributed by atoms with E-state index < -0.39 is 5.91 Å². The van der Waals surface area contributed by atoms with Gasteiger partial charge in [0.25, 0.3) is 5.91 Å². The summed E-state index contributed by atoms with van der Waals surface area (Å²) in [5.41, 5.74) is 1.73. The summed E-state index contributed by atoms with van der Waals surface area (Å²) in [7, 11) is 0. The number of hydrogen-bond acceptors (Lipinski definition) is 3. The van der Waals surface area contributed by atoms with Crippen LogP contribution in [0, 0.1) is 11.3 Å². The Balaban J connectivity index is 1.97. The number of nitrogens with one attached hydrogen (secondary N) is 1. The van der Waals surface area contributed by atoms with Crippen LogP contribution in [0.1, 0.15) is 39.2 Å². The number of fused-ring (bicyclic) bond motifs is 1. The summed E-state index contributed by atoms with van der Waals surface area (Å²) in [6.07, 6.45) is 4.00. The van der Waals surface area contributed by atoms with E-state index in [1.165, 1.54) is 28.3 Å². The molecule has 3 rings (SSSR count). The summed E-state index contributed by atoms with van der Waals surface area (Å²) in [6.45, 7) is 0. The van der Waals surface area contributed by atoms with E-state index in [2.05, 4.69) is 11.4 Å². The molecule has 0 radical (unpaired) electrons. The number of anilines is 1. The number of thiophene rings is 1. The predicted octanol–water partition coefficient (Wildman–Crippen LogP) is 5.71. The molecule has 0 bridgehead atoms. The number of aryl methyl sites for hydroxylation is 1. The predicted molar refractivity (Wildman–Crippen MR) is 95.1 cm³/mol. The first-order valence-corrected chi connectivity index (χ1v) is 8.97. The van der Waals surface area contributed by atoms with Gasteiger partial charge in [-0.05, 0) is 43.4 Å². The van der Waals surface area contributed by atoms with E-state index in [9.17, 15) is 10.1 Å². The summed E-state index contributed by atoms with van der Waals surface area (Å²) in [4.78, 5) is 13.7. The number of benzene rings is 1. The molecule has 1 N–H and O–H groups in total. The van der Waals surface area contributed by atoms with Crippen LogP contribution in [0.3, 0.4) is 0 Å². The van der Waals surface area contributed by atoms with Crippen LogP contribution in [0.4, 0.5) is 5.00 Å². The van der Waals surface area contributed by atoms with Gasteiger partial charge in [0.2, 0.25) is 0 Å². The highest BCUT2D eigenvalue weighted by molar-refractivity contribution is 7.16. The molecule has 0 unspecified atom stereocenters. The Morgan fingerprint density at radius 3 is 2.61 bits per heavy atom. The Bertz CT molecular complexity index is 839. The molecule has 118 valence electrons. The number of amides is 1. The fourth-order valence-corrected chi connectivity index (χ4v) is 4.61. The van der Waals surface area contributed by atoms with E-state index in [1.54, 1.807) is 0 Å². The average molecular weight is 386 g/mol. The molecule has 0 atom stereocenters. The SMILES string of the molecule is N#Cc1c(NC(=O)c2c(Cl)ccc(Cl)c2Cl)sc2c1CCCC2. The van der Waals surface area contributed by atoms with E-state index in [-0.39, 0.29) is 20.6 Å². The number of hydrogen-bond donors (Lipinski definition) is 1. The zero-order valence-electron chi connectivity index (χ0n) is 11.9. The van der Waals surface area contributed by atoms with Gasteiger partial charge in [-0.25, -0.2) is 0 Å². The molecule has 0 aliphatic heterocycles. The molecule has 1 aromatic heterocycles. The molecule has 0 saturated carbocycles. The quantitative estimate of drug-likeness (QED) is 0.673. The van der Waals surface area contributed by atoms with E-state index in [4.69, 9.17) is 34.8 Å². The van der Waals surface area contributed by atoms with Crippen molar-refractivity contribution in [1.82, 2.24) is 0 Å². The van der Waals surface area contributed by atoms with Gasteiger partial charge in [0.05, 0.1) is 26.2 Å². The second-order valence-electron chi connectivity index (χ2n) is 5.20. The number of rotatable bonds is 2. The Morgan fingerprint density at radius 1 is 1.17 bits per heavy atom. The van der Waals surface area contributed by atoms with E-state index in [0.29, 0.717) is 10.6 Å². The van der Waals surface area contributed by atoms with Crippen molar-refractivity contribution in [2.45, 2.75) is 25.7 Å². The summed E-state index contributed by atoms with van der Waals surface area (Å²) in [5, 5.41) is 13.3. The smallest absolute Gasteiger partial charge is 0.259 e. The minimum absolute atomic E-state index is 0.108. The summed E-state index contributed by atoms with van der Waals surface area (Å²) in [6, 6.07) is 5.26. The second-order valence-corrected chi connectivity index (χ2v) is 7.50. The largest absolute Gasteiger partial charge is 0.312 e. The standard InChI is InChI=1S/C16H11Cl3N2OS/c17-10-5-6-11(18)14(19)13(10)15(22)21-16-9(7-20)8-3-1-2-4-12(8)23-16/h5-6H,1-4H2,(H,21,22). The van der Waals surface area contributed by atoms with Gasteiger partial charge in [-0.2, -0.15) is 5.26 Å². The van der Waals surface area contributed by atoms with Gasteiger partial charge < -0.3 is 5.32 Å². The van der Waals surface area contributed by atoms with Gasteiger partial charge in [0, 0.05) is 4.88 Å². The Labute approximate surface area is 152 Å². The van der Waals surface area contributed by atoms with E-state index in [0.717, 1.165) is 31.2 Å². The summed E-state index contributed by atoms with van der Waals surface area (Å²) < 4.78 is 0. The molecule has 0 spiro atoms. The van der Waals surface area contributed by atoms with Crippen molar-refractivity contribution in [1.29, 1.82) is 5.26 Å². The molecule has 3 nitrogen and oxygen atoms in total. The van der Waals surface area contributed by atoms with Gasteiger partial charge >= 0.3 is 0 Å². The van der Waals surface area contributed by atoms with Crippen molar-refractivity contribution in [3.8, 4) is 6.07 Å². The molecule has 23 heavy (non-hydrogen) atoms. The molecule has 1 aliphatic rings. The highest BCUT2D eigenvalue weighted by Crippen LogP contribution is 2.39. The van der Waals surface area contributed by atoms with Crippen LogP contribution in [0.15, 0.2) is 12.1 Å². The van der Waals surface area contributed by atoms with Crippen molar-refractivity contribution in [3.05, 3.63) is 48.8 Å². The number of carbonyl (C=O) groups excluding carboxylic acids is 1. The summed E-state index contributed by atoms with van der Waals surface area (Å²) in [5.74, 6) is -0.461.